The van der Waals surface area contributed by atoms with Crippen LogP contribution in [0.1, 0.15) is 24.3 Å². The number of ether oxygens (including phenoxy) is 1. The van der Waals surface area contributed by atoms with Crippen LogP contribution in [0.4, 0.5) is 0 Å². The second-order valence-corrected chi connectivity index (χ2v) is 7.39. The minimum Gasteiger partial charge on any atom is -0.378 e. The molecule has 2 aromatic rings. The molecule has 1 saturated heterocycles. The van der Waals surface area contributed by atoms with E-state index in [1.807, 2.05) is 11.0 Å². The number of amides is 1. The van der Waals surface area contributed by atoms with Gasteiger partial charge in [0.15, 0.2) is 0 Å². The average Bonchev–Trinajstić information content (AvgIpc) is 3.05. The predicted octanol–water partition coefficient (Wildman–Crippen LogP) is 3.90. The molecule has 0 aromatic carbocycles. The van der Waals surface area contributed by atoms with Gasteiger partial charge >= 0.3 is 0 Å². The molecule has 6 heteroatoms. The summed E-state index contributed by atoms with van der Waals surface area (Å²) in [5.41, 5.74) is 3.12. The molecule has 0 unspecified atom stereocenters. The topological polar surface area (TPSA) is 34.5 Å². The zero-order valence-corrected chi connectivity index (χ0v) is 15.2. The van der Waals surface area contributed by atoms with Gasteiger partial charge in [-0.3, -0.25) is 4.79 Å². The fourth-order valence-corrected chi connectivity index (χ4v) is 4.29. The highest BCUT2D eigenvalue weighted by Gasteiger charge is 2.24. The first-order valence-electron chi connectivity index (χ1n) is 7.34. The summed E-state index contributed by atoms with van der Waals surface area (Å²) < 4.78 is 9.65. The van der Waals surface area contributed by atoms with Crippen molar-refractivity contribution in [3.05, 3.63) is 33.3 Å². The Hall–Kier alpha value is -1.11. The van der Waals surface area contributed by atoms with Crippen LogP contribution in [-0.2, 0) is 11.3 Å². The van der Waals surface area contributed by atoms with Gasteiger partial charge < -0.3 is 14.2 Å². The number of nitrogens with zero attached hydrogens (tertiary/aromatic N) is 2. The highest BCUT2D eigenvalue weighted by atomic mass is 79.9. The monoisotopic (exact) mass is 382 g/mol. The molecule has 2 aromatic heterocycles. The molecule has 0 bridgehead atoms. The highest BCUT2D eigenvalue weighted by Crippen LogP contribution is 2.33. The number of thiophene rings is 1. The van der Waals surface area contributed by atoms with E-state index >= 15 is 0 Å². The molecular formula is C16H19BrN2O2S. The second-order valence-electron chi connectivity index (χ2n) is 5.62. The Labute approximate surface area is 142 Å². The Kier molecular flexibility index (Phi) is 4.70. The van der Waals surface area contributed by atoms with Crippen molar-refractivity contribution in [3.63, 3.8) is 0 Å². The van der Waals surface area contributed by atoms with E-state index < -0.39 is 0 Å². The normalized spacial score (nSPS) is 15.3. The number of aromatic nitrogens is 1. The van der Waals surface area contributed by atoms with E-state index in [-0.39, 0.29) is 5.91 Å². The molecule has 1 aliphatic heterocycles. The van der Waals surface area contributed by atoms with E-state index in [1.54, 1.807) is 11.3 Å². The van der Waals surface area contributed by atoms with Crippen molar-refractivity contribution in [1.29, 1.82) is 0 Å². The Morgan fingerprint density at radius 1 is 1.41 bits per heavy atom. The average molecular weight is 383 g/mol. The number of fused-ring (bicyclic) bond motifs is 1. The third-order valence-electron chi connectivity index (χ3n) is 3.78. The highest BCUT2D eigenvalue weighted by molar-refractivity contribution is 9.10. The summed E-state index contributed by atoms with van der Waals surface area (Å²) in [5, 5.41) is 2.08. The first kappa shape index (κ1) is 15.8. The summed E-state index contributed by atoms with van der Waals surface area (Å²) >= 11 is 5.27. The van der Waals surface area contributed by atoms with Crippen molar-refractivity contribution in [3.8, 4) is 0 Å². The van der Waals surface area contributed by atoms with Crippen molar-refractivity contribution in [2.75, 3.05) is 26.3 Å². The van der Waals surface area contributed by atoms with E-state index in [0.717, 1.165) is 20.4 Å². The van der Waals surface area contributed by atoms with Crippen LogP contribution < -0.4 is 0 Å². The summed E-state index contributed by atoms with van der Waals surface area (Å²) in [6, 6.07) is 2.02. The van der Waals surface area contributed by atoms with Crippen molar-refractivity contribution in [2.45, 2.75) is 20.4 Å². The van der Waals surface area contributed by atoms with Gasteiger partial charge in [0.2, 0.25) is 0 Å². The summed E-state index contributed by atoms with van der Waals surface area (Å²) in [5.74, 6) is 0.0979. The summed E-state index contributed by atoms with van der Waals surface area (Å²) in [6.45, 7) is 7.45. The molecule has 0 aliphatic carbocycles. The third-order valence-corrected chi connectivity index (χ3v) is 5.60. The quantitative estimate of drug-likeness (QED) is 0.754. The van der Waals surface area contributed by atoms with Crippen LogP contribution in [0.3, 0.4) is 0 Å². The number of allylic oxidation sites excluding steroid dienone is 2. The third kappa shape index (κ3) is 3.00. The Bertz CT molecular complexity index is 722. The van der Waals surface area contributed by atoms with E-state index in [1.165, 1.54) is 5.57 Å². The van der Waals surface area contributed by atoms with Crippen molar-refractivity contribution >= 4 is 43.4 Å². The maximum Gasteiger partial charge on any atom is 0.270 e. The molecule has 22 heavy (non-hydrogen) atoms. The molecule has 4 nitrogen and oxygen atoms in total. The molecule has 3 rings (SSSR count). The Morgan fingerprint density at radius 2 is 2.14 bits per heavy atom. The zero-order valence-electron chi connectivity index (χ0n) is 12.8. The van der Waals surface area contributed by atoms with Crippen LogP contribution in [0.25, 0.3) is 10.2 Å². The molecular weight excluding hydrogens is 364 g/mol. The van der Waals surface area contributed by atoms with E-state index in [0.29, 0.717) is 32.8 Å². The van der Waals surface area contributed by atoms with Crippen LogP contribution in [0.5, 0.6) is 0 Å². The lowest BCUT2D eigenvalue weighted by Crippen LogP contribution is -2.41. The second kappa shape index (κ2) is 6.56. The fourth-order valence-electron chi connectivity index (χ4n) is 2.60. The van der Waals surface area contributed by atoms with Gasteiger partial charge in [-0.25, -0.2) is 0 Å². The standard InChI is InChI=1S/C16H19BrN2O2S/c1-11(2)3-4-19-13(9-14-15(19)12(17)10-22-14)16(20)18-5-7-21-8-6-18/h3,9-10H,4-8H2,1-2H3. The van der Waals surface area contributed by atoms with Gasteiger partial charge in [0, 0.05) is 25.0 Å². The molecule has 0 radical (unpaired) electrons. The lowest BCUT2D eigenvalue weighted by Gasteiger charge is -2.27. The molecule has 1 amide bonds. The number of rotatable bonds is 3. The molecule has 1 aliphatic rings. The molecule has 118 valence electrons. The van der Waals surface area contributed by atoms with Gasteiger partial charge in [-0.15, -0.1) is 11.3 Å². The summed E-state index contributed by atoms with van der Waals surface area (Å²) in [6.07, 6.45) is 2.15. The van der Waals surface area contributed by atoms with E-state index in [2.05, 4.69) is 45.8 Å². The molecule has 0 atom stereocenters. The number of morpholine rings is 1. The van der Waals surface area contributed by atoms with Crippen LogP contribution >= 0.6 is 27.3 Å². The minimum atomic E-state index is 0.0979. The number of halogens is 1. The van der Waals surface area contributed by atoms with Crippen molar-refractivity contribution in [1.82, 2.24) is 9.47 Å². The molecule has 0 N–H and O–H groups in total. The van der Waals surface area contributed by atoms with Gasteiger partial charge in [-0.1, -0.05) is 11.6 Å². The molecule has 1 fully saturated rings. The number of hydrogen-bond donors (Lipinski definition) is 0. The molecule has 3 heterocycles. The van der Waals surface area contributed by atoms with Gasteiger partial charge in [-0.2, -0.15) is 0 Å². The summed E-state index contributed by atoms with van der Waals surface area (Å²) in [7, 11) is 0. The number of hydrogen-bond acceptors (Lipinski definition) is 3. The van der Waals surface area contributed by atoms with E-state index in [4.69, 9.17) is 4.74 Å². The Balaban J connectivity index is 2.01. The van der Waals surface area contributed by atoms with Gasteiger partial charge in [0.05, 0.1) is 27.9 Å². The SMILES string of the molecule is CC(C)=CCn1c(C(=O)N2CCOCC2)cc2scc(Br)c21. The number of carbonyl (C=O) groups excluding carboxylic acids is 1. The maximum absolute atomic E-state index is 12.9. The first-order chi connectivity index (χ1) is 10.6. The van der Waals surface area contributed by atoms with Crippen molar-refractivity contribution in [2.24, 2.45) is 0 Å². The Morgan fingerprint density at radius 3 is 2.82 bits per heavy atom. The van der Waals surface area contributed by atoms with Crippen LogP contribution in [0.2, 0.25) is 0 Å². The van der Waals surface area contributed by atoms with Gasteiger partial charge in [0.25, 0.3) is 5.91 Å². The summed E-state index contributed by atoms with van der Waals surface area (Å²) in [4.78, 5) is 14.7. The lowest BCUT2D eigenvalue weighted by molar-refractivity contribution is 0.0296. The molecule has 0 spiro atoms. The fraction of sp³-hybridized carbons (Fsp3) is 0.438. The van der Waals surface area contributed by atoms with Gasteiger partial charge in [-0.05, 0) is 35.8 Å². The minimum absolute atomic E-state index is 0.0979. The predicted molar refractivity (Wildman–Crippen MR) is 93.7 cm³/mol. The van der Waals surface area contributed by atoms with Crippen LogP contribution in [0, 0.1) is 0 Å². The van der Waals surface area contributed by atoms with Crippen molar-refractivity contribution < 1.29 is 9.53 Å². The zero-order chi connectivity index (χ0) is 15.7. The van der Waals surface area contributed by atoms with E-state index in [9.17, 15) is 4.79 Å². The van der Waals surface area contributed by atoms with Crippen LogP contribution in [0.15, 0.2) is 27.6 Å². The van der Waals surface area contributed by atoms with Gasteiger partial charge in [0.1, 0.15) is 5.69 Å². The molecule has 0 saturated carbocycles. The first-order valence-corrected chi connectivity index (χ1v) is 9.02. The smallest absolute Gasteiger partial charge is 0.270 e. The van der Waals surface area contributed by atoms with Crippen LogP contribution in [-0.4, -0.2) is 41.7 Å². The number of carbonyl (C=O) groups is 1. The largest absolute Gasteiger partial charge is 0.378 e. The maximum atomic E-state index is 12.9. The lowest BCUT2D eigenvalue weighted by atomic mass is 10.3.